The van der Waals surface area contributed by atoms with Gasteiger partial charge in [0.2, 0.25) is 0 Å². The summed E-state index contributed by atoms with van der Waals surface area (Å²) in [7, 11) is 1.65. The fourth-order valence-electron chi connectivity index (χ4n) is 2.34. The van der Waals surface area contributed by atoms with Gasteiger partial charge in [0.1, 0.15) is 18.1 Å². The molecule has 0 atom stereocenters. The van der Waals surface area contributed by atoms with Gasteiger partial charge in [-0.15, -0.1) is 0 Å². The van der Waals surface area contributed by atoms with Gasteiger partial charge in [0.25, 0.3) is 0 Å². The van der Waals surface area contributed by atoms with Crippen LogP contribution < -0.4 is 9.47 Å². The zero-order chi connectivity index (χ0) is 16.1. The Bertz CT molecular complexity index is 749. The van der Waals surface area contributed by atoms with Crippen LogP contribution in [0, 0.1) is 0 Å². The molecule has 0 aliphatic heterocycles. The Morgan fingerprint density at radius 2 is 1.65 bits per heavy atom. The second kappa shape index (κ2) is 6.98. The van der Waals surface area contributed by atoms with Gasteiger partial charge in [-0.1, -0.05) is 0 Å². The third-order valence-electron chi connectivity index (χ3n) is 3.47. The van der Waals surface area contributed by atoms with E-state index in [2.05, 4.69) is 5.10 Å². The molecule has 0 spiro atoms. The molecule has 0 unspecified atom stereocenters. The first kappa shape index (κ1) is 15.1. The van der Waals surface area contributed by atoms with Crippen LogP contribution in [-0.2, 0) is 0 Å². The monoisotopic (exact) mass is 310 g/mol. The van der Waals surface area contributed by atoms with E-state index in [0.717, 1.165) is 28.4 Å². The van der Waals surface area contributed by atoms with E-state index in [1.807, 2.05) is 59.3 Å². The molecule has 0 amide bonds. The topological polar surface area (TPSA) is 56.5 Å². The van der Waals surface area contributed by atoms with Crippen LogP contribution in [0.25, 0.3) is 16.9 Å². The van der Waals surface area contributed by atoms with Crippen molar-refractivity contribution in [1.29, 1.82) is 0 Å². The molecular formula is C18H18N2O3. The fourth-order valence-corrected chi connectivity index (χ4v) is 2.34. The molecule has 5 nitrogen and oxygen atoms in total. The summed E-state index contributed by atoms with van der Waals surface area (Å²) in [5, 5.41) is 13.2. The first-order valence-electron chi connectivity index (χ1n) is 7.34. The molecular weight excluding hydrogens is 292 g/mol. The molecule has 0 aliphatic carbocycles. The maximum Gasteiger partial charge on any atom is 0.119 e. The van der Waals surface area contributed by atoms with Crippen LogP contribution >= 0.6 is 0 Å². The van der Waals surface area contributed by atoms with Crippen molar-refractivity contribution in [2.45, 2.75) is 0 Å². The van der Waals surface area contributed by atoms with E-state index in [9.17, 15) is 0 Å². The maximum atomic E-state index is 8.79. The number of methoxy groups -OCH3 is 1. The van der Waals surface area contributed by atoms with Gasteiger partial charge in [0.15, 0.2) is 0 Å². The maximum absolute atomic E-state index is 8.79. The SMILES string of the molecule is COc1ccc(-n2nccc2-c2ccc(OCCO)cc2)cc1. The predicted octanol–water partition coefficient (Wildman–Crippen LogP) is 2.92. The Balaban J connectivity index is 1.87. The van der Waals surface area contributed by atoms with Crippen LogP contribution in [0.1, 0.15) is 0 Å². The number of hydrogen-bond acceptors (Lipinski definition) is 4. The predicted molar refractivity (Wildman–Crippen MR) is 88.1 cm³/mol. The molecule has 0 fully saturated rings. The van der Waals surface area contributed by atoms with E-state index in [0.29, 0.717) is 6.61 Å². The molecule has 0 bridgehead atoms. The quantitative estimate of drug-likeness (QED) is 0.760. The third kappa shape index (κ3) is 3.35. The number of aliphatic hydroxyl groups excluding tert-OH is 1. The Labute approximate surface area is 134 Å². The Morgan fingerprint density at radius 3 is 2.30 bits per heavy atom. The molecule has 3 aromatic rings. The number of nitrogens with zero attached hydrogens (tertiary/aromatic N) is 2. The number of rotatable bonds is 6. The third-order valence-corrected chi connectivity index (χ3v) is 3.47. The van der Waals surface area contributed by atoms with E-state index < -0.39 is 0 Å². The Hall–Kier alpha value is -2.79. The highest BCUT2D eigenvalue weighted by atomic mass is 16.5. The minimum Gasteiger partial charge on any atom is -0.497 e. The average Bonchev–Trinajstić information content (AvgIpc) is 3.10. The summed E-state index contributed by atoms with van der Waals surface area (Å²) in [5.41, 5.74) is 2.99. The molecule has 0 aliphatic rings. The molecule has 1 N–H and O–H groups in total. The summed E-state index contributed by atoms with van der Waals surface area (Å²) >= 11 is 0. The van der Waals surface area contributed by atoms with Crippen molar-refractivity contribution in [1.82, 2.24) is 9.78 Å². The summed E-state index contributed by atoms with van der Waals surface area (Å²) in [6.45, 7) is 0.301. The van der Waals surface area contributed by atoms with E-state index in [1.54, 1.807) is 13.3 Å². The highest BCUT2D eigenvalue weighted by molar-refractivity contribution is 5.62. The summed E-state index contributed by atoms with van der Waals surface area (Å²) in [6.07, 6.45) is 1.77. The van der Waals surface area contributed by atoms with E-state index in [-0.39, 0.29) is 6.61 Å². The molecule has 1 aromatic heterocycles. The van der Waals surface area contributed by atoms with Crippen LogP contribution in [0.2, 0.25) is 0 Å². The van der Waals surface area contributed by atoms with Gasteiger partial charge >= 0.3 is 0 Å². The van der Waals surface area contributed by atoms with E-state index >= 15 is 0 Å². The molecule has 3 rings (SSSR count). The number of hydrogen-bond donors (Lipinski definition) is 1. The first-order valence-corrected chi connectivity index (χ1v) is 7.34. The number of ether oxygens (including phenoxy) is 2. The Morgan fingerprint density at radius 1 is 0.957 bits per heavy atom. The van der Waals surface area contributed by atoms with E-state index in [1.165, 1.54) is 0 Å². The lowest BCUT2D eigenvalue weighted by atomic mass is 10.1. The lowest BCUT2D eigenvalue weighted by Crippen LogP contribution is -2.01. The molecule has 1 heterocycles. The van der Waals surface area contributed by atoms with Crippen molar-refractivity contribution < 1.29 is 14.6 Å². The van der Waals surface area contributed by atoms with Crippen molar-refractivity contribution in [3.63, 3.8) is 0 Å². The molecule has 23 heavy (non-hydrogen) atoms. The van der Waals surface area contributed by atoms with Crippen LogP contribution in [0.3, 0.4) is 0 Å². The highest BCUT2D eigenvalue weighted by Gasteiger charge is 2.08. The van der Waals surface area contributed by atoms with Crippen molar-refractivity contribution >= 4 is 0 Å². The van der Waals surface area contributed by atoms with Gasteiger partial charge in [0.05, 0.1) is 31.3 Å². The van der Waals surface area contributed by atoms with Crippen molar-refractivity contribution in [2.75, 3.05) is 20.3 Å². The van der Waals surface area contributed by atoms with Crippen LogP contribution in [0.15, 0.2) is 60.8 Å². The molecule has 0 saturated carbocycles. The minimum atomic E-state index is 0.00594. The zero-order valence-electron chi connectivity index (χ0n) is 12.8. The van der Waals surface area contributed by atoms with Crippen LogP contribution in [0.4, 0.5) is 0 Å². The van der Waals surface area contributed by atoms with Gasteiger partial charge < -0.3 is 14.6 Å². The summed E-state index contributed by atoms with van der Waals surface area (Å²) in [4.78, 5) is 0. The van der Waals surface area contributed by atoms with Crippen LogP contribution in [0.5, 0.6) is 11.5 Å². The molecule has 5 heteroatoms. The van der Waals surface area contributed by atoms with Crippen LogP contribution in [-0.4, -0.2) is 35.2 Å². The Kier molecular flexibility index (Phi) is 4.59. The lowest BCUT2D eigenvalue weighted by molar-refractivity contribution is 0.201. The highest BCUT2D eigenvalue weighted by Crippen LogP contribution is 2.25. The first-order chi connectivity index (χ1) is 11.3. The summed E-state index contributed by atoms with van der Waals surface area (Å²) in [6, 6.07) is 17.4. The minimum absolute atomic E-state index is 0.00594. The second-order valence-electron chi connectivity index (χ2n) is 4.92. The average molecular weight is 310 g/mol. The van der Waals surface area contributed by atoms with Crippen molar-refractivity contribution in [2.24, 2.45) is 0 Å². The normalized spacial score (nSPS) is 10.5. The molecule has 0 radical (unpaired) electrons. The standard InChI is InChI=1S/C18H18N2O3/c1-22-16-8-4-15(5-9-16)20-18(10-11-19-20)14-2-6-17(7-3-14)23-13-12-21/h2-11,21H,12-13H2,1H3. The largest absolute Gasteiger partial charge is 0.497 e. The van der Waals surface area contributed by atoms with Crippen molar-refractivity contribution in [3.05, 3.63) is 60.8 Å². The van der Waals surface area contributed by atoms with Gasteiger partial charge in [-0.3, -0.25) is 0 Å². The number of aromatic nitrogens is 2. The second-order valence-corrected chi connectivity index (χ2v) is 4.92. The summed E-state index contributed by atoms with van der Waals surface area (Å²) < 4.78 is 12.4. The number of benzene rings is 2. The zero-order valence-corrected chi connectivity index (χ0v) is 12.8. The molecule has 118 valence electrons. The smallest absolute Gasteiger partial charge is 0.119 e. The van der Waals surface area contributed by atoms with Gasteiger partial charge in [-0.2, -0.15) is 5.10 Å². The summed E-state index contributed by atoms with van der Waals surface area (Å²) in [5.74, 6) is 1.55. The van der Waals surface area contributed by atoms with Gasteiger partial charge in [-0.05, 0) is 54.6 Å². The van der Waals surface area contributed by atoms with Gasteiger partial charge in [0, 0.05) is 5.56 Å². The van der Waals surface area contributed by atoms with Crippen molar-refractivity contribution in [3.8, 4) is 28.4 Å². The van der Waals surface area contributed by atoms with Gasteiger partial charge in [-0.25, -0.2) is 4.68 Å². The molecule has 0 saturated heterocycles. The number of aliphatic hydroxyl groups is 1. The lowest BCUT2D eigenvalue weighted by Gasteiger charge is -2.09. The van der Waals surface area contributed by atoms with E-state index in [4.69, 9.17) is 14.6 Å². The molecule has 2 aromatic carbocycles. The fraction of sp³-hybridized carbons (Fsp3) is 0.167.